The van der Waals surface area contributed by atoms with Crippen LogP contribution in [0.2, 0.25) is 0 Å². The van der Waals surface area contributed by atoms with Gasteiger partial charge < -0.3 is 30.2 Å². The topological polar surface area (TPSA) is 149 Å². The second-order valence-electron chi connectivity index (χ2n) is 13.3. The summed E-state index contributed by atoms with van der Waals surface area (Å²) in [7, 11) is 0. The van der Waals surface area contributed by atoms with Crippen molar-refractivity contribution in [3.05, 3.63) is 108 Å². The molecule has 12 heteroatoms. The zero-order chi connectivity index (χ0) is 37.5. The molecule has 3 atom stereocenters. The molecular formula is C40H51N5O7. The van der Waals surface area contributed by atoms with Gasteiger partial charge in [-0.15, -0.1) is 0 Å². The van der Waals surface area contributed by atoms with Crippen LogP contribution in [-0.2, 0) is 36.9 Å². The predicted octanol–water partition coefficient (Wildman–Crippen LogP) is 5.76. The number of benzene rings is 3. The third kappa shape index (κ3) is 12.3. The summed E-state index contributed by atoms with van der Waals surface area (Å²) >= 11 is 0. The number of hydrogen-bond acceptors (Lipinski definition) is 8. The first-order valence-corrected chi connectivity index (χ1v) is 17.6. The van der Waals surface area contributed by atoms with E-state index in [1.807, 2.05) is 126 Å². The van der Waals surface area contributed by atoms with Crippen molar-refractivity contribution in [2.24, 2.45) is 5.92 Å². The normalized spacial score (nSPS) is 13.2. The molecule has 278 valence electrons. The van der Waals surface area contributed by atoms with Crippen molar-refractivity contribution < 1.29 is 33.4 Å². The Hall–Kier alpha value is -5.04. The SMILES string of the molecule is CCOC(OCC)[C@@H](C)[C@H](NC(=O)C(Cc1ccc(OC(C)(C)C)cc1)NC(=O)CONC(=O)NCc1ccccc1)c1cccc2cccnc12. The molecule has 4 rings (SSSR count). The van der Waals surface area contributed by atoms with Crippen molar-refractivity contribution in [3.8, 4) is 5.75 Å². The minimum Gasteiger partial charge on any atom is -0.488 e. The molecule has 52 heavy (non-hydrogen) atoms. The number of hydroxylamine groups is 1. The van der Waals surface area contributed by atoms with E-state index in [1.165, 1.54) is 0 Å². The Balaban J connectivity index is 1.55. The van der Waals surface area contributed by atoms with Crippen LogP contribution in [0.4, 0.5) is 4.79 Å². The Labute approximate surface area is 305 Å². The third-order valence-corrected chi connectivity index (χ3v) is 8.02. The number of hydrogen-bond donors (Lipinski definition) is 4. The van der Waals surface area contributed by atoms with Gasteiger partial charge in [0.25, 0.3) is 0 Å². The van der Waals surface area contributed by atoms with Crippen LogP contribution in [0, 0.1) is 5.92 Å². The van der Waals surface area contributed by atoms with Crippen molar-refractivity contribution in [1.82, 2.24) is 26.4 Å². The average molecular weight is 714 g/mol. The molecular weight excluding hydrogens is 662 g/mol. The quantitative estimate of drug-likeness (QED) is 0.0751. The van der Waals surface area contributed by atoms with E-state index in [4.69, 9.17) is 19.0 Å². The lowest BCUT2D eigenvalue weighted by molar-refractivity contribution is -0.170. The molecule has 1 heterocycles. The van der Waals surface area contributed by atoms with Crippen molar-refractivity contribution in [2.45, 2.75) is 78.5 Å². The molecule has 1 aromatic heterocycles. The average Bonchev–Trinajstić information content (AvgIpc) is 3.12. The molecule has 0 fully saturated rings. The van der Waals surface area contributed by atoms with Gasteiger partial charge in [-0.3, -0.25) is 19.4 Å². The number of pyridine rings is 1. The summed E-state index contributed by atoms with van der Waals surface area (Å²) in [6.45, 7) is 12.2. The van der Waals surface area contributed by atoms with Gasteiger partial charge in [0.1, 0.15) is 17.4 Å². The lowest BCUT2D eigenvalue weighted by Gasteiger charge is -2.33. The Kier molecular flexibility index (Phi) is 14.9. The van der Waals surface area contributed by atoms with Crippen molar-refractivity contribution in [3.63, 3.8) is 0 Å². The second-order valence-corrected chi connectivity index (χ2v) is 13.3. The van der Waals surface area contributed by atoms with Crippen molar-refractivity contribution in [2.75, 3.05) is 19.8 Å². The minimum atomic E-state index is -1.02. The van der Waals surface area contributed by atoms with Gasteiger partial charge in [-0.25, -0.2) is 10.3 Å². The lowest BCUT2D eigenvalue weighted by Crippen LogP contribution is -2.51. The molecule has 3 aromatic carbocycles. The molecule has 0 bridgehead atoms. The zero-order valence-electron chi connectivity index (χ0n) is 30.8. The monoisotopic (exact) mass is 713 g/mol. The summed E-state index contributed by atoms with van der Waals surface area (Å²) in [5.41, 5.74) is 5.05. The Morgan fingerprint density at radius 3 is 2.17 bits per heavy atom. The molecule has 0 saturated carbocycles. The van der Waals surface area contributed by atoms with Gasteiger partial charge in [0.15, 0.2) is 12.9 Å². The van der Waals surface area contributed by atoms with E-state index >= 15 is 0 Å². The van der Waals surface area contributed by atoms with Gasteiger partial charge in [0.05, 0.1) is 11.6 Å². The number of amides is 4. The number of carbonyl (C=O) groups excluding carboxylic acids is 3. The van der Waals surface area contributed by atoms with E-state index in [0.29, 0.717) is 19.0 Å². The lowest BCUT2D eigenvalue weighted by atomic mass is 9.91. The highest BCUT2D eigenvalue weighted by molar-refractivity contribution is 5.89. The number of aromatic nitrogens is 1. The van der Waals surface area contributed by atoms with Crippen molar-refractivity contribution in [1.29, 1.82) is 0 Å². The summed E-state index contributed by atoms with van der Waals surface area (Å²) in [4.78, 5) is 49.6. The van der Waals surface area contributed by atoms with Crippen LogP contribution < -0.4 is 26.2 Å². The number of para-hydroxylation sites is 1. The van der Waals surface area contributed by atoms with E-state index in [-0.39, 0.29) is 24.5 Å². The predicted molar refractivity (Wildman–Crippen MR) is 199 cm³/mol. The van der Waals surface area contributed by atoms with E-state index in [2.05, 4.69) is 26.4 Å². The Morgan fingerprint density at radius 2 is 1.50 bits per heavy atom. The number of rotatable bonds is 18. The van der Waals surface area contributed by atoms with Crippen LogP contribution in [0.25, 0.3) is 10.9 Å². The second kappa shape index (κ2) is 19.5. The standard InChI is InChI=1S/C40H51N5O7/c1-7-49-38(50-8-2)27(3)35(32-18-12-16-30-17-13-23-41-36(30)32)44-37(47)33(24-28-19-21-31(22-20-28)52-40(4,5)6)43-34(46)26-51-45-39(48)42-25-29-14-10-9-11-15-29/h9-23,27,33,35,38H,7-8,24-26H2,1-6H3,(H,43,46)(H,44,47)(H2,42,45,48)/t27-,33?,35-/m0/s1. The number of urea groups is 1. The highest BCUT2D eigenvalue weighted by atomic mass is 16.7. The fourth-order valence-electron chi connectivity index (χ4n) is 5.67. The van der Waals surface area contributed by atoms with Gasteiger partial charge >= 0.3 is 6.03 Å². The van der Waals surface area contributed by atoms with E-state index < -0.39 is 42.8 Å². The maximum absolute atomic E-state index is 14.3. The molecule has 0 aliphatic rings. The maximum atomic E-state index is 14.3. The number of fused-ring (bicyclic) bond motifs is 1. The number of nitrogens with one attached hydrogen (secondary N) is 4. The van der Waals surface area contributed by atoms with Gasteiger partial charge in [0, 0.05) is 49.2 Å². The van der Waals surface area contributed by atoms with Crippen LogP contribution in [0.3, 0.4) is 0 Å². The molecule has 4 aromatic rings. The Morgan fingerprint density at radius 1 is 0.808 bits per heavy atom. The Bertz CT molecular complexity index is 1720. The van der Waals surface area contributed by atoms with Gasteiger partial charge in [-0.2, -0.15) is 0 Å². The van der Waals surface area contributed by atoms with Gasteiger partial charge in [0.2, 0.25) is 11.8 Å². The van der Waals surface area contributed by atoms with Crippen LogP contribution in [0.5, 0.6) is 5.75 Å². The smallest absolute Gasteiger partial charge is 0.338 e. The third-order valence-electron chi connectivity index (χ3n) is 8.02. The summed E-state index contributed by atoms with van der Waals surface area (Å²) in [6, 6.07) is 24.2. The fraction of sp³-hybridized carbons (Fsp3) is 0.400. The molecule has 0 aliphatic heterocycles. The highest BCUT2D eigenvalue weighted by Gasteiger charge is 2.33. The fourth-order valence-corrected chi connectivity index (χ4v) is 5.67. The highest BCUT2D eigenvalue weighted by Crippen LogP contribution is 2.31. The summed E-state index contributed by atoms with van der Waals surface area (Å²) < 4.78 is 17.9. The summed E-state index contributed by atoms with van der Waals surface area (Å²) in [5.74, 6) is -0.715. The van der Waals surface area contributed by atoms with E-state index in [9.17, 15) is 14.4 Å². The number of carbonyl (C=O) groups is 3. The molecule has 0 radical (unpaired) electrons. The molecule has 0 spiro atoms. The summed E-state index contributed by atoms with van der Waals surface area (Å²) in [6.07, 6.45) is 1.24. The maximum Gasteiger partial charge on any atom is 0.338 e. The van der Waals surface area contributed by atoms with Crippen LogP contribution in [0.1, 0.15) is 64.3 Å². The first kappa shape index (κ1) is 39.7. The number of ether oxygens (including phenoxy) is 3. The van der Waals surface area contributed by atoms with E-state index in [0.717, 1.165) is 27.6 Å². The molecule has 4 amide bonds. The van der Waals surface area contributed by atoms with Crippen LogP contribution >= 0.6 is 0 Å². The minimum absolute atomic E-state index is 0.160. The molecule has 0 aliphatic carbocycles. The zero-order valence-corrected chi connectivity index (χ0v) is 30.8. The van der Waals surface area contributed by atoms with Gasteiger partial charge in [-0.1, -0.05) is 73.7 Å². The molecule has 12 nitrogen and oxygen atoms in total. The summed E-state index contributed by atoms with van der Waals surface area (Å²) in [5, 5.41) is 9.58. The molecule has 0 saturated heterocycles. The first-order chi connectivity index (χ1) is 25.0. The largest absolute Gasteiger partial charge is 0.488 e. The van der Waals surface area contributed by atoms with Crippen LogP contribution in [0.15, 0.2) is 91.1 Å². The number of nitrogens with zero attached hydrogens (tertiary/aromatic N) is 1. The van der Waals surface area contributed by atoms with Gasteiger partial charge in [-0.05, 0) is 63.9 Å². The molecule has 4 N–H and O–H groups in total. The van der Waals surface area contributed by atoms with Crippen molar-refractivity contribution >= 4 is 28.7 Å². The molecule has 1 unspecified atom stereocenters. The first-order valence-electron chi connectivity index (χ1n) is 17.6. The van der Waals surface area contributed by atoms with Crippen LogP contribution in [-0.4, -0.2) is 60.6 Å². The van der Waals surface area contributed by atoms with E-state index in [1.54, 1.807) is 6.20 Å².